The van der Waals surface area contributed by atoms with Crippen LogP contribution in [0.1, 0.15) is 36.3 Å². The summed E-state index contributed by atoms with van der Waals surface area (Å²) in [4.78, 5) is 7.55. The molecule has 0 aliphatic carbocycles. The fourth-order valence-corrected chi connectivity index (χ4v) is 1.95. The van der Waals surface area contributed by atoms with Gasteiger partial charge in [0.2, 0.25) is 0 Å². The van der Waals surface area contributed by atoms with Crippen molar-refractivity contribution in [1.29, 1.82) is 0 Å². The Morgan fingerprint density at radius 1 is 1.41 bits per heavy atom. The van der Waals surface area contributed by atoms with Crippen LogP contribution >= 0.6 is 0 Å². The number of aromatic nitrogens is 2. The van der Waals surface area contributed by atoms with Crippen LogP contribution in [0.3, 0.4) is 0 Å². The Balaban J connectivity index is 2.27. The van der Waals surface area contributed by atoms with Gasteiger partial charge in [0, 0.05) is 12.4 Å². The molecule has 0 radical (unpaired) electrons. The molecule has 0 saturated carbocycles. The van der Waals surface area contributed by atoms with Gasteiger partial charge >= 0.3 is 0 Å². The molecule has 0 aliphatic heterocycles. The zero-order valence-corrected chi connectivity index (χ0v) is 10.4. The molecule has 1 aromatic carbocycles. The molecule has 0 amide bonds. The largest absolute Gasteiger partial charge is 0.347 e. The van der Waals surface area contributed by atoms with Crippen molar-refractivity contribution in [1.82, 2.24) is 15.3 Å². The van der Waals surface area contributed by atoms with Crippen LogP contribution in [0.2, 0.25) is 0 Å². The minimum Gasteiger partial charge on any atom is -0.347 e. The van der Waals surface area contributed by atoms with Gasteiger partial charge in [-0.1, -0.05) is 36.8 Å². The van der Waals surface area contributed by atoms with Crippen LogP contribution in [0, 0.1) is 6.92 Å². The number of aryl methyl sites for hydroxylation is 1. The number of nitrogens with zero attached hydrogens (tertiary/aromatic N) is 1. The van der Waals surface area contributed by atoms with Crippen molar-refractivity contribution >= 4 is 0 Å². The van der Waals surface area contributed by atoms with Gasteiger partial charge in [-0.15, -0.1) is 0 Å². The number of imidazole rings is 1. The first kappa shape index (κ1) is 11.9. The fraction of sp³-hybridized carbons (Fsp3) is 0.357. The average Bonchev–Trinajstić information content (AvgIpc) is 2.83. The predicted octanol–water partition coefficient (Wildman–Crippen LogP) is 2.81. The number of H-pyrrole nitrogens is 1. The zero-order chi connectivity index (χ0) is 12.1. The van der Waals surface area contributed by atoms with E-state index < -0.39 is 0 Å². The minimum absolute atomic E-state index is 0.157. The Morgan fingerprint density at radius 2 is 2.29 bits per heavy atom. The number of benzene rings is 1. The van der Waals surface area contributed by atoms with E-state index in [2.05, 4.69) is 53.4 Å². The van der Waals surface area contributed by atoms with E-state index in [1.54, 1.807) is 6.20 Å². The molecule has 0 aliphatic rings. The van der Waals surface area contributed by atoms with Gasteiger partial charge in [0.15, 0.2) is 0 Å². The number of hydrogen-bond donors (Lipinski definition) is 2. The van der Waals surface area contributed by atoms with Crippen LogP contribution in [0.5, 0.6) is 0 Å². The summed E-state index contributed by atoms with van der Waals surface area (Å²) in [6, 6.07) is 8.71. The maximum Gasteiger partial charge on any atom is 0.127 e. The molecule has 2 aromatic rings. The molecule has 0 bridgehead atoms. The number of nitrogens with one attached hydrogen (secondary N) is 2. The van der Waals surface area contributed by atoms with Gasteiger partial charge in [0.1, 0.15) is 5.82 Å². The summed E-state index contributed by atoms with van der Waals surface area (Å²) in [5, 5.41) is 3.52. The van der Waals surface area contributed by atoms with Gasteiger partial charge < -0.3 is 10.3 Å². The van der Waals surface area contributed by atoms with Gasteiger partial charge in [-0.3, -0.25) is 0 Å². The normalized spacial score (nSPS) is 12.6. The molecule has 17 heavy (non-hydrogen) atoms. The summed E-state index contributed by atoms with van der Waals surface area (Å²) >= 11 is 0. The highest BCUT2D eigenvalue weighted by Gasteiger charge is 2.15. The van der Waals surface area contributed by atoms with Gasteiger partial charge in [-0.25, -0.2) is 4.98 Å². The second-order valence-electron chi connectivity index (χ2n) is 4.28. The Hall–Kier alpha value is -1.61. The summed E-state index contributed by atoms with van der Waals surface area (Å²) in [6.07, 6.45) is 4.78. The highest BCUT2D eigenvalue weighted by atomic mass is 15.0. The maximum atomic E-state index is 4.36. The number of aromatic amines is 1. The third-order valence-electron chi connectivity index (χ3n) is 2.77. The van der Waals surface area contributed by atoms with E-state index in [9.17, 15) is 0 Å². The third kappa shape index (κ3) is 2.94. The molecule has 1 heterocycles. The van der Waals surface area contributed by atoms with Crippen molar-refractivity contribution in [2.75, 3.05) is 6.54 Å². The molecule has 3 heteroatoms. The second-order valence-corrected chi connectivity index (χ2v) is 4.28. The lowest BCUT2D eigenvalue weighted by Crippen LogP contribution is -2.24. The van der Waals surface area contributed by atoms with Crippen molar-refractivity contribution in [3.05, 3.63) is 53.6 Å². The lowest BCUT2D eigenvalue weighted by molar-refractivity contribution is 0.576. The molecular weight excluding hydrogens is 210 g/mol. The van der Waals surface area contributed by atoms with E-state index >= 15 is 0 Å². The minimum atomic E-state index is 0.157. The Bertz CT molecular complexity index is 448. The van der Waals surface area contributed by atoms with Crippen LogP contribution in [0.4, 0.5) is 0 Å². The van der Waals surface area contributed by atoms with Crippen LogP contribution < -0.4 is 5.32 Å². The van der Waals surface area contributed by atoms with Crippen LogP contribution in [0.15, 0.2) is 36.7 Å². The SMILES string of the molecule is CCCNC(c1cccc(C)c1)c1ncc[nH]1. The van der Waals surface area contributed by atoms with Gasteiger partial charge in [-0.2, -0.15) is 0 Å². The maximum absolute atomic E-state index is 4.36. The van der Waals surface area contributed by atoms with Crippen molar-refractivity contribution in [3.63, 3.8) is 0 Å². The highest BCUT2D eigenvalue weighted by molar-refractivity contribution is 5.29. The summed E-state index contributed by atoms with van der Waals surface area (Å²) in [6.45, 7) is 5.27. The van der Waals surface area contributed by atoms with E-state index in [0.717, 1.165) is 18.8 Å². The molecule has 1 unspecified atom stereocenters. The molecule has 2 rings (SSSR count). The molecule has 1 aromatic heterocycles. The molecule has 3 nitrogen and oxygen atoms in total. The van der Waals surface area contributed by atoms with Crippen molar-refractivity contribution in [2.45, 2.75) is 26.3 Å². The van der Waals surface area contributed by atoms with Crippen molar-refractivity contribution in [2.24, 2.45) is 0 Å². The molecule has 0 saturated heterocycles. The Labute approximate surface area is 102 Å². The molecular formula is C14H19N3. The van der Waals surface area contributed by atoms with Crippen LogP contribution in [-0.2, 0) is 0 Å². The summed E-state index contributed by atoms with van der Waals surface area (Å²) < 4.78 is 0. The fourth-order valence-electron chi connectivity index (χ4n) is 1.95. The standard InChI is InChI=1S/C14H19N3/c1-3-7-15-13(14-16-8-9-17-14)12-6-4-5-11(2)10-12/h4-6,8-10,13,15H,3,7H2,1-2H3,(H,16,17). The van der Waals surface area contributed by atoms with Gasteiger partial charge in [0.25, 0.3) is 0 Å². The lowest BCUT2D eigenvalue weighted by atomic mass is 10.0. The van der Waals surface area contributed by atoms with E-state index in [4.69, 9.17) is 0 Å². The predicted molar refractivity (Wildman–Crippen MR) is 69.9 cm³/mol. The zero-order valence-electron chi connectivity index (χ0n) is 10.4. The molecule has 2 N–H and O–H groups in total. The van der Waals surface area contributed by atoms with E-state index in [1.807, 2.05) is 6.20 Å². The lowest BCUT2D eigenvalue weighted by Gasteiger charge is -2.17. The quantitative estimate of drug-likeness (QED) is 0.827. The average molecular weight is 229 g/mol. The molecule has 0 fully saturated rings. The summed E-state index contributed by atoms with van der Waals surface area (Å²) in [5.41, 5.74) is 2.53. The summed E-state index contributed by atoms with van der Waals surface area (Å²) in [5.74, 6) is 0.976. The first-order chi connectivity index (χ1) is 8.31. The molecule has 1 atom stereocenters. The molecule has 0 spiro atoms. The van der Waals surface area contributed by atoms with E-state index in [1.165, 1.54) is 11.1 Å². The third-order valence-corrected chi connectivity index (χ3v) is 2.77. The second kappa shape index (κ2) is 5.64. The number of rotatable bonds is 5. The van der Waals surface area contributed by atoms with E-state index in [0.29, 0.717) is 0 Å². The Kier molecular flexibility index (Phi) is 3.94. The summed E-state index contributed by atoms with van der Waals surface area (Å²) in [7, 11) is 0. The van der Waals surface area contributed by atoms with Crippen LogP contribution in [-0.4, -0.2) is 16.5 Å². The van der Waals surface area contributed by atoms with Crippen molar-refractivity contribution < 1.29 is 0 Å². The first-order valence-corrected chi connectivity index (χ1v) is 6.10. The van der Waals surface area contributed by atoms with E-state index in [-0.39, 0.29) is 6.04 Å². The monoisotopic (exact) mass is 229 g/mol. The smallest absolute Gasteiger partial charge is 0.127 e. The van der Waals surface area contributed by atoms with Crippen LogP contribution in [0.25, 0.3) is 0 Å². The first-order valence-electron chi connectivity index (χ1n) is 6.10. The number of hydrogen-bond acceptors (Lipinski definition) is 2. The van der Waals surface area contributed by atoms with Crippen molar-refractivity contribution in [3.8, 4) is 0 Å². The highest BCUT2D eigenvalue weighted by Crippen LogP contribution is 2.19. The molecule has 90 valence electrons. The Morgan fingerprint density at radius 3 is 2.94 bits per heavy atom. The van der Waals surface area contributed by atoms with Gasteiger partial charge in [-0.05, 0) is 25.5 Å². The topological polar surface area (TPSA) is 40.7 Å². The van der Waals surface area contributed by atoms with Gasteiger partial charge in [0.05, 0.1) is 6.04 Å².